The van der Waals surface area contributed by atoms with Crippen LogP contribution in [0.3, 0.4) is 0 Å². The Morgan fingerprint density at radius 2 is 2.20 bits per heavy atom. The second kappa shape index (κ2) is 5.50. The van der Waals surface area contributed by atoms with Crippen molar-refractivity contribution in [1.29, 1.82) is 0 Å². The number of rotatable bonds is 3. The summed E-state index contributed by atoms with van der Waals surface area (Å²) < 4.78 is 4.75. The molecule has 2 N–H and O–H groups in total. The lowest BCUT2D eigenvalue weighted by molar-refractivity contribution is -0.143. The van der Waals surface area contributed by atoms with Gasteiger partial charge in [0, 0.05) is 0 Å². The monoisotopic (exact) mass is 213 g/mol. The van der Waals surface area contributed by atoms with Crippen LogP contribution in [-0.4, -0.2) is 19.6 Å². The van der Waals surface area contributed by atoms with Crippen molar-refractivity contribution in [2.45, 2.75) is 45.4 Å². The predicted octanol–water partition coefficient (Wildman–Crippen LogP) is 2.09. The molecular weight excluding hydrogens is 190 g/mol. The average molecular weight is 213 g/mol. The van der Waals surface area contributed by atoms with Crippen LogP contribution in [0, 0.1) is 11.3 Å². The molecule has 0 aliphatic heterocycles. The maximum absolute atomic E-state index is 11.4. The number of nitrogens with two attached hydrogens (primary N) is 1. The maximum Gasteiger partial charge on any atom is 0.306 e. The van der Waals surface area contributed by atoms with Crippen LogP contribution in [0.1, 0.15) is 45.4 Å². The van der Waals surface area contributed by atoms with E-state index in [9.17, 15) is 4.79 Å². The van der Waals surface area contributed by atoms with Gasteiger partial charge in [-0.05, 0) is 30.7 Å². The molecule has 15 heavy (non-hydrogen) atoms. The van der Waals surface area contributed by atoms with Crippen molar-refractivity contribution in [3.8, 4) is 0 Å². The molecule has 0 aromatic rings. The van der Waals surface area contributed by atoms with Crippen LogP contribution in [0.4, 0.5) is 0 Å². The van der Waals surface area contributed by atoms with Crippen molar-refractivity contribution in [1.82, 2.24) is 0 Å². The molecule has 2 atom stereocenters. The van der Waals surface area contributed by atoms with E-state index in [1.54, 1.807) is 0 Å². The quantitative estimate of drug-likeness (QED) is 0.577. The molecule has 0 aromatic heterocycles. The molecule has 0 aromatic carbocycles. The highest BCUT2D eigenvalue weighted by atomic mass is 16.5. The van der Waals surface area contributed by atoms with Crippen LogP contribution in [0.25, 0.3) is 0 Å². The Morgan fingerprint density at radius 3 is 2.80 bits per heavy atom. The summed E-state index contributed by atoms with van der Waals surface area (Å²) in [5.74, 6) is 0.658. The fraction of sp³-hybridized carbons (Fsp3) is 0.917. The summed E-state index contributed by atoms with van der Waals surface area (Å²) in [7, 11) is 1.45. The molecule has 0 heterocycles. The molecule has 2 unspecified atom stereocenters. The summed E-state index contributed by atoms with van der Waals surface area (Å²) in [6, 6.07) is 0. The molecule has 0 bridgehead atoms. The van der Waals surface area contributed by atoms with Crippen LogP contribution in [0.2, 0.25) is 0 Å². The molecular formula is C12H23NO2. The third-order valence-corrected chi connectivity index (χ3v) is 3.75. The van der Waals surface area contributed by atoms with Crippen LogP contribution >= 0.6 is 0 Å². The van der Waals surface area contributed by atoms with Gasteiger partial charge in [0.05, 0.1) is 13.5 Å². The molecule has 3 nitrogen and oxygen atoms in total. The smallest absolute Gasteiger partial charge is 0.306 e. The lowest BCUT2D eigenvalue weighted by Gasteiger charge is -2.30. The Balaban J connectivity index is 2.61. The molecule has 0 spiro atoms. The van der Waals surface area contributed by atoms with Crippen molar-refractivity contribution in [2.24, 2.45) is 17.1 Å². The average Bonchev–Trinajstić information content (AvgIpc) is 2.42. The SMILES string of the molecule is COC(=O)CC1(CN)CCCC(C)CC1. The van der Waals surface area contributed by atoms with E-state index < -0.39 is 0 Å². The Morgan fingerprint density at radius 1 is 1.47 bits per heavy atom. The van der Waals surface area contributed by atoms with Crippen molar-refractivity contribution < 1.29 is 9.53 Å². The third kappa shape index (κ3) is 3.49. The highest BCUT2D eigenvalue weighted by Crippen LogP contribution is 2.39. The maximum atomic E-state index is 11.4. The van der Waals surface area contributed by atoms with Gasteiger partial charge in [-0.25, -0.2) is 0 Å². The summed E-state index contributed by atoms with van der Waals surface area (Å²) in [4.78, 5) is 11.4. The first-order chi connectivity index (χ1) is 7.12. The zero-order valence-corrected chi connectivity index (χ0v) is 9.92. The normalized spacial score (nSPS) is 32.1. The summed E-state index contributed by atoms with van der Waals surface area (Å²) in [6.07, 6.45) is 6.28. The summed E-state index contributed by atoms with van der Waals surface area (Å²) >= 11 is 0. The van der Waals surface area contributed by atoms with E-state index in [1.807, 2.05) is 0 Å². The minimum absolute atomic E-state index is 0.0118. The predicted molar refractivity (Wildman–Crippen MR) is 60.4 cm³/mol. The molecule has 1 fully saturated rings. The van der Waals surface area contributed by atoms with Gasteiger partial charge in [0.2, 0.25) is 0 Å². The number of methoxy groups -OCH3 is 1. The Kier molecular flexibility index (Phi) is 4.58. The highest BCUT2D eigenvalue weighted by Gasteiger charge is 2.33. The van der Waals surface area contributed by atoms with Gasteiger partial charge in [-0.2, -0.15) is 0 Å². The number of hydrogen-bond acceptors (Lipinski definition) is 3. The number of ether oxygens (including phenoxy) is 1. The minimum atomic E-state index is -0.116. The van der Waals surface area contributed by atoms with Gasteiger partial charge in [0.15, 0.2) is 0 Å². The van der Waals surface area contributed by atoms with Gasteiger partial charge in [-0.1, -0.05) is 26.2 Å². The van der Waals surface area contributed by atoms with E-state index in [2.05, 4.69) is 6.92 Å². The van der Waals surface area contributed by atoms with E-state index in [-0.39, 0.29) is 11.4 Å². The molecule has 1 saturated carbocycles. The largest absolute Gasteiger partial charge is 0.469 e. The fourth-order valence-corrected chi connectivity index (χ4v) is 2.48. The molecule has 3 heteroatoms. The van der Waals surface area contributed by atoms with Crippen molar-refractivity contribution in [2.75, 3.05) is 13.7 Å². The molecule has 1 rings (SSSR count). The lowest BCUT2D eigenvalue weighted by Crippen LogP contribution is -2.33. The third-order valence-electron chi connectivity index (χ3n) is 3.75. The van der Waals surface area contributed by atoms with Gasteiger partial charge in [0.1, 0.15) is 0 Å². The Hall–Kier alpha value is -0.570. The number of esters is 1. The zero-order chi connectivity index (χ0) is 11.3. The number of carbonyl (C=O) groups is 1. The summed E-state index contributed by atoms with van der Waals surface area (Å²) in [5.41, 5.74) is 5.86. The van der Waals surface area contributed by atoms with Crippen LogP contribution in [-0.2, 0) is 9.53 Å². The number of carbonyl (C=O) groups excluding carboxylic acids is 1. The summed E-state index contributed by atoms with van der Waals surface area (Å²) in [6.45, 7) is 2.89. The minimum Gasteiger partial charge on any atom is -0.469 e. The second-order valence-corrected chi connectivity index (χ2v) is 4.99. The highest BCUT2D eigenvalue weighted by molar-refractivity contribution is 5.70. The fourth-order valence-electron chi connectivity index (χ4n) is 2.48. The van der Waals surface area contributed by atoms with Crippen LogP contribution in [0.5, 0.6) is 0 Å². The van der Waals surface area contributed by atoms with Gasteiger partial charge < -0.3 is 10.5 Å². The second-order valence-electron chi connectivity index (χ2n) is 4.99. The van der Waals surface area contributed by atoms with E-state index in [1.165, 1.54) is 26.4 Å². The van der Waals surface area contributed by atoms with E-state index in [0.29, 0.717) is 13.0 Å². The Labute approximate surface area is 92.4 Å². The molecule has 0 saturated heterocycles. The molecule has 1 aliphatic carbocycles. The van der Waals surface area contributed by atoms with Gasteiger partial charge in [-0.3, -0.25) is 4.79 Å². The van der Waals surface area contributed by atoms with E-state index >= 15 is 0 Å². The van der Waals surface area contributed by atoms with Gasteiger partial charge >= 0.3 is 5.97 Å². The first-order valence-electron chi connectivity index (χ1n) is 5.89. The molecule has 0 amide bonds. The number of hydrogen-bond donors (Lipinski definition) is 1. The standard InChI is InChI=1S/C12H23NO2/c1-10-4-3-6-12(9-13,7-5-10)8-11(14)15-2/h10H,3-9,13H2,1-2H3. The first-order valence-corrected chi connectivity index (χ1v) is 5.89. The van der Waals surface area contributed by atoms with Crippen molar-refractivity contribution in [3.63, 3.8) is 0 Å². The zero-order valence-electron chi connectivity index (χ0n) is 9.92. The van der Waals surface area contributed by atoms with Gasteiger partial charge in [-0.15, -0.1) is 0 Å². The van der Waals surface area contributed by atoms with E-state index in [0.717, 1.165) is 18.8 Å². The van der Waals surface area contributed by atoms with Gasteiger partial charge in [0.25, 0.3) is 0 Å². The molecule has 0 radical (unpaired) electrons. The first kappa shape index (κ1) is 12.5. The van der Waals surface area contributed by atoms with E-state index in [4.69, 9.17) is 10.5 Å². The van der Waals surface area contributed by atoms with Crippen molar-refractivity contribution in [3.05, 3.63) is 0 Å². The Bertz CT molecular complexity index is 218. The van der Waals surface area contributed by atoms with Crippen molar-refractivity contribution >= 4 is 5.97 Å². The summed E-state index contributed by atoms with van der Waals surface area (Å²) in [5, 5.41) is 0. The van der Waals surface area contributed by atoms with Crippen LogP contribution in [0.15, 0.2) is 0 Å². The topological polar surface area (TPSA) is 52.3 Å². The van der Waals surface area contributed by atoms with Crippen LogP contribution < -0.4 is 5.73 Å². The molecule has 1 aliphatic rings. The lowest BCUT2D eigenvalue weighted by atomic mass is 9.77. The molecule has 88 valence electrons.